The SMILES string of the molecule is O=S(=O)(CCN=C(Nc1ccccc1)N1CCCCC1)c1ccccc1F. The summed E-state index contributed by atoms with van der Waals surface area (Å²) >= 11 is 0. The van der Waals surface area contributed by atoms with Crippen molar-refractivity contribution in [1.29, 1.82) is 0 Å². The first-order chi connectivity index (χ1) is 13.1. The Bertz CT molecular complexity index is 879. The van der Waals surface area contributed by atoms with Crippen LogP contribution in [-0.4, -0.2) is 44.7 Å². The van der Waals surface area contributed by atoms with Gasteiger partial charge in [0, 0.05) is 18.8 Å². The summed E-state index contributed by atoms with van der Waals surface area (Å²) in [7, 11) is -3.72. The summed E-state index contributed by atoms with van der Waals surface area (Å²) in [5, 5.41) is 3.29. The Morgan fingerprint density at radius 1 is 1.00 bits per heavy atom. The Morgan fingerprint density at radius 3 is 2.37 bits per heavy atom. The molecule has 1 heterocycles. The van der Waals surface area contributed by atoms with Gasteiger partial charge in [-0.25, -0.2) is 12.8 Å². The maximum atomic E-state index is 13.8. The maximum Gasteiger partial charge on any atom is 0.198 e. The molecule has 0 aromatic heterocycles. The molecule has 2 aromatic rings. The predicted octanol–water partition coefficient (Wildman–Crippen LogP) is 3.55. The molecule has 0 aliphatic carbocycles. The number of para-hydroxylation sites is 1. The number of anilines is 1. The minimum absolute atomic E-state index is 0.0718. The Hall–Kier alpha value is -2.41. The number of sulfone groups is 1. The highest BCUT2D eigenvalue weighted by atomic mass is 32.2. The van der Waals surface area contributed by atoms with Gasteiger partial charge < -0.3 is 10.2 Å². The molecule has 0 unspecified atom stereocenters. The molecular formula is C20H24FN3O2S. The van der Waals surface area contributed by atoms with Crippen molar-refractivity contribution in [1.82, 2.24) is 4.90 Å². The van der Waals surface area contributed by atoms with Crippen LogP contribution in [0.15, 0.2) is 64.5 Å². The number of hydrogen-bond donors (Lipinski definition) is 1. The van der Waals surface area contributed by atoms with Gasteiger partial charge >= 0.3 is 0 Å². The Kier molecular flexibility index (Phi) is 6.45. The van der Waals surface area contributed by atoms with E-state index in [9.17, 15) is 12.8 Å². The molecule has 1 aliphatic heterocycles. The monoisotopic (exact) mass is 389 g/mol. The molecule has 3 rings (SSSR count). The summed E-state index contributed by atoms with van der Waals surface area (Å²) in [5.41, 5.74) is 0.902. The van der Waals surface area contributed by atoms with Gasteiger partial charge in [-0.15, -0.1) is 0 Å². The first kappa shape index (κ1) is 19.4. The fraction of sp³-hybridized carbons (Fsp3) is 0.350. The van der Waals surface area contributed by atoms with Crippen LogP contribution in [0.5, 0.6) is 0 Å². The zero-order valence-corrected chi connectivity index (χ0v) is 16.0. The van der Waals surface area contributed by atoms with E-state index in [1.165, 1.54) is 24.6 Å². The highest BCUT2D eigenvalue weighted by molar-refractivity contribution is 7.91. The molecule has 1 aliphatic rings. The van der Waals surface area contributed by atoms with Gasteiger partial charge in [-0.1, -0.05) is 30.3 Å². The van der Waals surface area contributed by atoms with Gasteiger partial charge in [0.1, 0.15) is 10.7 Å². The lowest BCUT2D eigenvalue weighted by Crippen LogP contribution is -2.40. The lowest BCUT2D eigenvalue weighted by molar-refractivity contribution is 0.340. The molecule has 1 fully saturated rings. The van der Waals surface area contributed by atoms with Crippen LogP contribution >= 0.6 is 0 Å². The van der Waals surface area contributed by atoms with Crippen molar-refractivity contribution in [3.63, 3.8) is 0 Å². The number of guanidine groups is 1. The quantitative estimate of drug-likeness (QED) is 0.627. The highest BCUT2D eigenvalue weighted by Gasteiger charge is 2.19. The molecule has 7 heteroatoms. The van der Waals surface area contributed by atoms with Gasteiger partial charge in [-0.3, -0.25) is 4.99 Å². The van der Waals surface area contributed by atoms with Crippen LogP contribution in [0, 0.1) is 5.82 Å². The second kappa shape index (κ2) is 8.99. The Balaban J connectivity index is 1.74. The average Bonchev–Trinajstić information content (AvgIpc) is 2.69. The Morgan fingerprint density at radius 2 is 1.67 bits per heavy atom. The van der Waals surface area contributed by atoms with Crippen molar-refractivity contribution < 1.29 is 12.8 Å². The zero-order chi connectivity index (χ0) is 19.1. The molecule has 144 valence electrons. The van der Waals surface area contributed by atoms with Crippen LogP contribution in [0.25, 0.3) is 0 Å². The molecule has 0 spiro atoms. The van der Waals surface area contributed by atoms with Crippen LogP contribution < -0.4 is 5.32 Å². The third-order valence-corrected chi connectivity index (χ3v) is 6.20. The number of nitrogens with zero attached hydrogens (tertiary/aromatic N) is 2. The number of likely N-dealkylation sites (tertiary alicyclic amines) is 1. The normalized spacial score (nSPS) is 15.6. The molecule has 2 aromatic carbocycles. The fourth-order valence-electron chi connectivity index (χ4n) is 3.05. The average molecular weight is 389 g/mol. The van der Waals surface area contributed by atoms with Crippen molar-refractivity contribution in [3.05, 3.63) is 60.4 Å². The van der Waals surface area contributed by atoms with E-state index in [2.05, 4.69) is 15.2 Å². The van der Waals surface area contributed by atoms with Gasteiger partial charge in [0.05, 0.1) is 12.3 Å². The molecule has 0 bridgehead atoms. The van der Waals surface area contributed by atoms with E-state index < -0.39 is 15.7 Å². The van der Waals surface area contributed by atoms with Crippen molar-refractivity contribution in [3.8, 4) is 0 Å². The van der Waals surface area contributed by atoms with Gasteiger partial charge in [-0.05, 0) is 43.5 Å². The van der Waals surface area contributed by atoms with Crippen molar-refractivity contribution in [2.75, 3.05) is 30.7 Å². The standard InChI is InChI=1S/C20H24FN3O2S/c21-18-11-5-6-12-19(18)27(25,26)16-13-22-20(24-14-7-2-8-15-24)23-17-9-3-1-4-10-17/h1,3-6,9-12H,2,7-8,13-16H2,(H,22,23). The Labute approximate surface area is 159 Å². The fourth-order valence-corrected chi connectivity index (χ4v) is 4.26. The van der Waals surface area contributed by atoms with Crippen LogP contribution in [0.1, 0.15) is 19.3 Å². The van der Waals surface area contributed by atoms with Gasteiger partial charge in [-0.2, -0.15) is 0 Å². The molecule has 1 saturated heterocycles. The summed E-state index contributed by atoms with van der Waals surface area (Å²) < 4.78 is 38.7. The number of halogens is 1. The van der Waals surface area contributed by atoms with E-state index in [0.29, 0.717) is 5.96 Å². The summed E-state index contributed by atoms with van der Waals surface area (Å²) in [6, 6.07) is 15.1. The second-order valence-electron chi connectivity index (χ2n) is 6.49. The van der Waals surface area contributed by atoms with Crippen LogP contribution in [0.4, 0.5) is 10.1 Å². The minimum Gasteiger partial charge on any atom is -0.343 e. The van der Waals surface area contributed by atoms with E-state index >= 15 is 0 Å². The van der Waals surface area contributed by atoms with Crippen LogP contribution in [0.3, 0.4) is 0 Å². The van der Waals surface area contributed by atoms with Crippen molar-refractivity contribution >= 4 is 21.5 Å². The lowest BCUT2D eigenvalue weighted by Gasteiger charge is -2.30. The van der Waals surface area contributed by atoms with Crippen LogP contribution in [0.2, 0.25) is 0 Å². The lowest BCUT2D eigenvalue weighted by atomic mass is 10.1. The number of benzene rings is 2. The topological polar surface area (TPSA) is 61.8 Å². The molecule has 0 radical (unpaired) electrons. The number of piperidine rings is 1. The van der Waals surface area contributed by atoms with Crippen molar-refractivity contribution in [2.45, 2.75) is 24.2 Å². The number of nitrogens with one attached hydrogen (secondary N) is 1. The van der Waals surface area contributed by atoms with E-state index in [1.54, 1.807) is 0 Å². The molecule has 0 saturated carbocycles. The highest BCUT2D eigenvalue weighted by Crippen LogP contribution is 2.16. The van der Waals surface area contributed by atoms with Gasteiger partial charge in [0.25, 0.3) is 0 Å². The molecular weight excluding hydrogens is 365 g/mol. The second-order valence-corrected chi connectivity index (χ2v) is 8.57. The molecule has 0 atom stereocenters. The molecule has 1 N–H and O–H groups in total. The van der Waals surface area contributed by atoms with E-state index in [4.69, 9.17) is 0 Å². The first-order valence-corrected chi connectivity index (χ1v) is 10.8. The third-order valence-electron chi connectivity index (χ3n) is 4.48. The smallest absolute Gasteiger partial charge is 0.198 e. The summed E-state index contributed by atoms with van der Waals surface area (Å²) in [5.74, 6) is -0.286. The van der Waals surface area contributed by atoms with Gasteiger partial charge in [0.2, 0.25) is 0 Å². The third kappa shape index (κ3) is 5.29. The minimum atomic E-state index is -3.72. The van der Waals surface area contributed by atoms with Crippen LogP contribution in [-0.2, 0) is 9.84 Å². The first-order valence-electron chi connectivity index (χ1n) is 9.15. The van der Waals surface area contributed by atoms with E-state index in [-0.39, 0.29) is 17.2 Å². The summed E-state index contributed by atoms with van der Waals surface area (Å²) in [4.78, 5) is 6.39. The number of hydrogen-bond acceptors (Lipinski definition) is 3. The van der Waals surface area contributed by atoms with Gasteiger partial charge in [0.15, 0.2) is 15.8 Å². The zero-order valence-electron chi connectivity index (χ0n) is 15.1. The largest absolute Gasteiger partial charge is 0.343 e. The van der Waals surface area contributed by atoms with E-state index in [1.807, 2.05) is 30.3 Å². The molecule has 27 heavy (non-hydrogen) atoms. The molecule has 5 nitrogen and oxygen atoms in total. The molecule has 0 amide bonds. The number of rotatable bonds is 5. The van der Waals surface area contributed by atoms with E-state index in [0.717, 1.165) is 37.7 Å². The summed E-state index contributed by atoms with van der Waals surface area (Å²) in [6.07, 6.45) is 3.36. The maximum absolute atomic E-state index is 13.8. The number of aliphatic imine (C=N–C) groups is 1. The summed E-state index contributed by atoms with van der Waals surface area (Å²) in [6.45, 7) is 1.85. The van der Waals surface area contributed by atoms with Crippen molar-refractivity contribution in [2.24, 2.45) is 4.99 Å². The predicted molar refractivity (Wildman–Crippen MR) is 106 cm³/mol.